The Kier molecular flexibility index (Phi) is 14.7. The molecule has 5 N–H and O–H groups in total. The number of aliphatic hydroxyl groups excluding tert-OH is 2. The molecule has 2 amide bonds. The monoisotopic (exact) mass is 890 g/mol. The van der Waals surface area contributed by atoms with E-state index in [1.807, 2.05) is 74.5 Å². The highest BCUT2D eigenvalue weighted by Crippen LogP contribution is 2.52. The number of carbonyl (C=O) groups excluding carboxylic acids is 2. The highest BCUT2D eigenvalue weighted by atomic mass is 19.1. The molecule has 0 saturated heterocycles. The lowest BCUT2D eigenvalue weighted by atomic mass is 9.92. The number of anilines is 2. The lowest BCUT2D eigenvalue weighted by molar-refractivity contribution is -0.119. The highest BCUT2D eigenvalue weighted by Gasteiger charge is 2.52. The van der Waals surface area contributed by atoms with E-state index in [2.05, 4.69) is 73.9 Å². The zero-order valence-electron chi connectivity index (χ0n) is 39.7. The number of H-pyrrole nitrogens is 1. The van der Waals surface area contributed by atoms with Crippen LogP contribution >= 0.6 is 0 Å². The second kappa shape index (κ2) is 19.7. The summed E-state index contributed by atoms with van der Waals surface area (Å²) in [5.41, 5.74) is 5.81. The summed E-state index contributed by atoms with van der Waals surface area (Å²) in [4.78, 5) is 29.6. The Morgan fingerprint density at radius 2 is 1.43 bits per heavy atom. The first kappa shape index (κ1) is 48.6. The van der Waals surface area contributed by atoms with Gasteiger partial charge in [0, 0.05) is 75.5 Å². The van der Waals surface area contributed by atoms with Crippen LogP contribution in [0.4, 0.5) is 15.8 Å². The van der Waals surface area contributed by atoms with Crippen LogP contribution in [0.3, 0.4) is 0 Å². The molecule has 11 nitrogen and oxygen atoms in total. The Balaban J connectivity index is 0.000000198. The van der Waals surface area contributed by atoms with Crippen LogP contribution in [-0.2, 0) is 37.8 Å². The van der Waals surface area contributed by atoms with Crippen molar-refractivity contribution in [3.8, 4) is 17.2 Å². The zero-order valence-corrected chi connectivity index (χ0v) is 39.7. The summed E-state index contributed by atoms with van der Waals surface area (Å²) in [5, 5.41) is 24.8. The molecule has 0 bridgehead atoms. The number of hydrogen-bond donors (Lipinski definition) is 5. The number of hydrogen-bond acceptors (Lipinski definition) is 7. The van der Waals surface area contributed by atoms with Gasteiger partial charge in [-0.2, -0.15) is 0 Å². The number of benzene rings is 4. The first-order valence-corrected chi connectivity index (χ1v) is 22.8. The third kappa shape index (κ3) is 10.5. The number of amides is 2. The molecule has 0 atom stereocenters. The molecule has 0 unspecified atom stereocenters. The van der Waals surface area contributed by atoms with Crippen LogP contribution < -0.4 is 24.8 Å². The Morgan fingerprint density at radius 3 is 2.05 bits per heavy atom. The van der Waals surface area contributed by atoms with Crippen molar-refractivity contribution in [2.75, 3.05) is 37.8 Å². The van der Waals surface area contributed by atoms with Gasteiger partial charge in [-0.3, -0.25) is 9.59 Å². The van der Waals surface area contributed by atoms with E-state index in [0.29, 0.717) is 17.9 Å². The van der Waals surface area contributed by atoms with E-state index in [-0.39, 0.29) is 48.3 Å². The van der Waals surface area contributed by atoms with Crippen LogP contribution in [0.5, 0.6) is 17.2 Å². The summed E-state index contributed by atoms with van der Waals surface area (Å²) < 4.78 is 33.1. The van der Waals surface area contributed by atoms with Gasteiger partial charge in [0.2, 0.25) is 18.6 Å². The summed E-state index contributed by atoms with van der Waals surface area (Å²) in [6, 6.07) is 26.8. The Morgan fingerprint density at radius 1 is 0.785 bits per heavy atom. The number of aromatic amines is 1. The van der Waals surface area contributed by atoms with Crippen molar-refractivity contribution in [1.29, 1.82) is 0 Å². The number of aromatic nitrogens is 2. The second-order valence-electron chi connectivity index (χ2n) is 18.8. The molecule has 2 aliphatic carbocycles. The highest BCUT2D eigenvalue weighted by molar-refractivity contribution is 6.03. The van der Waals surface area contributed by atoms with Crippen molar-refractivity contribution in [3.05, 3.63) is 113 Å². The number of nitrogens with zero attached hydrogens (tertiary/aromatic N) is 1. The third-order valence-corrected chi connectivity index (χ3v) is 12.1. The molecule has 3 heterocycles. The number of carbonyl (C=O) groups is 2. The lowest BCUT2D eigenvalue weighted by Crippen LogP contribution is -2.28. The summed E-state index contributed by atoms with van der Waals surface area (Å²) >= 11 is 0. The van der Waals surface area contributed by atoms with Crippen molar-refractivity contribution >= 4 is 45.0 Å². The number of fused-ring (bicyclic) bond motifs is 3. The molecule has 6 aromatic rings. The van der Waals surface area contributed by atoms with Crippen LogP contribution in [0, 0.1) is 5.82 Å². The maximum atomic E-state index is 14.7. The molecule has 0 spiro atoms. The van der Waals surface area contributed by atoms with Crippen molar-refractivity contribution in [2.45, 2.75) is 123 Å². The number of methoxy groups -OCH3 is 1. The molecule has 4 aromatic carbocycles. The van der Waals surface area contributed by atoms with Gasteiger partial charge in [0.1, 0.15) is 11.6 Å². The van der Waals surface area contributed by atoms with Gasteiger partial charge in [-0.25, -0.2) is 4.39 Å². The number of nitrogens with one attached hydrogen (secondary N) is 3. The van der Waals surface area contributed by atoms with Gasteiger partial charge < -0.3 is 44.6 Å². The van der Waals surface area contributed by atoms with Crippen LogP contribution in [-0.4, -0.2) is 58.7 Å². The summed E-state index contributed by atoms with van der Waals surface area (Å²) in [7, 11) is 1.60. The Labute approximate surface area is 382 Å². The van der Waals surface area contributed by atoms with E-state index >= 15 is 0 Å². The number of halogens is 1. The lowest BCUT2D eigenvalue weighted by Gasteiger charge is -2.22. The van der Waals surface area contributed by atoms with Crippen LogP contribution in [0.2, 0.25) is 0 Å². The molecule has 0 radical (unpaired) electrons. The predicted molar refractivity (Wildman–Crippen MR) is 258 cm³/mol. The van der Waals surface area contributed by atoms with Crippen molar-refractivity contribution in [2.24, 2.45) is 0 Å². The molecular weight excluding hydrogens is 824 g/mol. The number of aliphatic hydroxyl groups is 2. The maximum Gasteiger partial charge on any atom is 0.235 e. The van der Waals surface area contributed by atoms with E-state index in [4.69, 9.17) is 19.3 Å². The smallest absolute Gasteiger partial charge is 0.235 e. The van der Waals surface area contributed by atoms with Gasteiger partial charge in [-0.05, 0) is 111 Å². The molecule has 3 aliphatic rings. The molecule has 65 heavy (non-hydrogen) atoms. The van der Waals surface area contributed by atoms with E-state index in [1.54, 1.807) is 20.1 Å². The van der Waals surface area contributed by atoms with Gasteiger partial charge in [-0.15, -0.1) is 0 Å². The largest absolute Gasteiger partial charge is 0.497 e. The van der Waals surface area contributed by atoms with Crippen LogP contribution in [0.1, 0.15) is 117 Å². The fraction of sp³-hybridized carbons (Fsp3) is 0.434. The number of aryl methyl sites for hydroxylation is 1. The minimum absolute atomic E-state index is 0.0185. The average molecular weight is 891 g/mol. The first-order chi connectivity index (χ1) is 31.0. The third-order valence-electron chi connectivity index (χ3n) is 12.1. The van der Waals surface area contributed by atoms with Gasteiger partial charge >= 0.3 is 0 Å². The summed E-state index contributed by atoms with van der Waals surface area (Å²) in [6.45, 7) is 20.0. The number of ether oxygens (including phenoxy) is 3. The van der Waals surface area contributed by atoms with E-state index in [9.17, 15) is 19.1 Å². The summed E-state index contributed by atoms with van der Waals surface area (Å²) in [5.74, 6) is 1.56. The molecule has 2 aromatic heterocycles. The SMILES string of the molecule is CC.CC(C)(C)c1cc2cc(NC(=O)C3(c4ccc5c(c4)OCO5)CC3)ccc2n1CCCO.CCO.COc1cccc(C2(C(=O)Nc3cc4cc(C(C)(C)C)[nH]c4cc3F)CC2)c1. The minimum Gasteiger partial charge on any atom is -0.497 e. The van der Waals surface area contributed by atoms with Crippen LogP contribution in [0.15, 0.2) is 84.9 Å². The fourth-order valence-electron chi connectivity index (χ4n) is 8.25. The predicted octanol–water partition coefficient (Wildman–Crippen LogP) is 11.0. The topological polar surface area (TPSA) is 147 Å². The van der Waals surface area contributed by atoms with E-state index in [1.165, 1.54) is 11.8 Å². The van der Waals surface area contributed by atoms with Crippen molar-refractivity contribution in [3.63, 3.8) is 0 Å². The first-order valence-electron chi connectivity index (χ1n) is 22.8. The molecule has 9 rings (SSSR count). The van der Waals surface area contributed by atoms with Crippen molar-refractivity contribution in [1.82, 2.24) is 9.55 Å². The van der Waals surface area contributed by atoms with E-state index < -0.39 is 16.6 Å². The Bertz CT molecular complexity index is 2620. The van der Waals surface area contributed by atoms with Crippen molar-refractivity contribution < 1.29 is 38.4 Å². The number of rotatable bonds is 10. The Hall–Kier alpha value is -5.85. The molecule has 1 aliphatic heterocycles. The molecule has 2 fully saturated rings. The molecule has 348 valence electrons. The quantitative estimate of drug-likeness (QED) is 0.0920. The average Bonchev–Trinajstić information content (AvgIpc) is 4.13. The molecule has 12 heteroatoms. The second-order valence-corrected chi connectivity index (χ2v) is 18.8. The van der Waals surface area contributed by atoms with E-state index in [0.717, 1.165) is 82.3 Å². The fourth-order valence-corrected chi connectivity index (χ4v) is 8.25. The maximum absolute atomic E-state index is 14.7. The van der Waals surface area contributed by atoms with Gasteiger partial charge in [0.05, 0.1) is 23.6 Å². The van der Waals surface area contributed by atoms with Gasteiger partial charge in [0.25, 0.3) is 0 Å². The zero-order chi connectivity index (χ0) is 47.3. The minimum atomic E-state index is -0.606. The van der Waals surface area contributed by atoms with Gasteiger partial charge in [0.15, 0.2) is 11.5 Å². The molecular formula is C53H67FN4O7. The standard InChI is InChI=1S/C26H30N2O4.C23H25FN2O2.C2H6O.C2H6/c1-25(2,3)23-14-17-13-19(6-7-20(17)28(23)11-4-12-29)27-24(30)26(9-10-26)18-5-8-21-22(15-18)32-16-31-21;1-22(2,3)20-11-14-10-19(17(24)13-18(14)25-20)26-21(27)23(8-9-23)15-6-5-7-16(12-15)28-4;1-2-3;1-2/h5-8,13-15,29H,4,9-12,16H2,1-3H3,(H,27,30);5-7,10-13,25H,8-9H2,1-4H3,(H,26,27);3H,2H2,1H3;1-2H3. The van der Waals surface area contributed by atoms with Gasteiger partial charge in [-0.1, -0.05) is 73.6 Å². The normalized spacial score (nSPS) is 15.1. The summed E-state index contributed by atoms with van der Waals surface area (Å²) in [6.07, 6.45) is 3.85. The molecule has 2 saturated carbocycles. The van der Waals surface area contributed by atoms with Crippen LogP contribution in [0.25, 0.3) is 21.8 Å².